The van der Waals surface area contributed by atoms with Gasteiger partial charge in [-0.3, -0.25) is 9.59 Å². The summed E-state index contributed by atoms with van der Waals surface area (Å²) in [5, 5.41) is 15.1. The molecule has 1 aliphatic heterocycles. The standard InChI is InChI=1S/C20H19F2N3O3S/c1-9-2-4-15(29-9)18-11(12-6-10(21)7-13(22)17(12)25-18)3-5-16(27)24-19-14(26)8-23-20(19)28/h2,4,6-7,14,19,25-26H,3,5,8H2,1H3,(H,23,28)(H,24,27)/t14-,19+/m1/s1. The number of amides is 2. The number of fused-ring (bicyclic) bond motifs is 1. The number of carbonyl (C=O) groups is 2. The Bertz CT molecular complexity index is 1110. The third-order valence-corrected chi connectivity index (χ3v) is 6.01. The van der Waals surface area contributed by atoms with Crippen LogP contribution in [0.5, 0.6) is 0 Å². The van der Waals surface area contributed by atoms with Gasteiger partial charge in [0.25, 0.3) is 0 Å². The van der Waals surface area contributed by atoms with Crippen LogP contribution in [0.2, 0.25) is 0 Å². The van der Waals surface area contributed by atoms with Gasteiger partial charge in [0.2, 0.25) is 11.8 Å². The Balaban J connectivity index is 1.63. The lowest BCUT2D eigenvalue weighted by molar-refractivity contribution is -0.128. The van der Waals surface area contributed by atoms with Crippen molar-refractivity contribution in [1.29, 1.82) is 0 Å². The third kappa shape index (κ3) is 3.75. The molecule has 0 spiro atoms. The van der Waals surface area contributed by atoms with Gasteiger partial charge in [-0.25, -0.2) is 8.78 Å². The van der Waals surface area contributed by atoms with E-state index in [-0.39, 0.29) is 24.9 Å². The Hall–Kier alpha value is -2.78. The molecule has 0 saturated carbocycles. The van der Waals surface area contributed by atoms with Crippen molar-refractivity contribution in [2.45, 2.75) is 31.9 Å². The van der Waals surface area contributed by atoms with Crippen molar-refractivity contribution in [2.75, 3.05) is 6.54 Å². The summed E-state index contributed by atoms with van der Waals surface area (Å²) in [5.41, 5.74) is 1.47. The van der Waals surface area contributed by atoms with E-state index in [9.17, 15) is 23.5 Å². The normalized spacial score (nSPS) is 19.0. The molecule has 9 heteroatoms. The summed E-state index contributed by atoms with van der Waals surface area (Å²) in [6, 6.07) is 4.90. The van der Waals surface area contributed by atoms with Gasteiger partial charge in [-0.1, -0.05) is 0 Å². The number of rotatable bonds is 5. The van der Waals surface area contributed by atoms with E-state index < -0.39 is 35.6 Å². The van der Waals surface area contributed by atoms with Crippen molar-refractivity contribution in [3.05, 3.63) is 46.3 Å². The molecule has 3 aromatic rings. The molecule has 3 heterocycles. The summed E-state index contributed by atoms with van der Waals surface area (Å²) in [7, 11) is 0. The van der Waals surface area contributed by atoms with Gasteiger partial charge in [-0.2, -0.15) is 0 Å². The van der Waals surface area contributed by atoms with E-state index in [1.807, 2.05) is 19.1 Å². The topological polar surface area (TPSA) is 94.2 Å². The first-order chi connectivity index (χ1) is 13.8. The van der Waals surface area contributed by atoms with Crippen LogP contribution in [-0.2, 0) is 16.0 Å². The summed E-state index contributed by atoms with van der Waals surface area (Å²) in [6.07, 6.45) is -0.767. The maximum atomic E-state index is 14.3. The molecular formula is C20H19F2N3O3S. The van der Waals surface area contributed by atoms with Crippen LogP contribution in [0.1, 0.15) is 16.9 Å². The second-order valence-corrected chi connectivity index (χ2v) is 8.34. The van der Waals surface area contributed by atoms with Crippen LogP contribution in [0.3, 0.4) is 0 Å². The van der Waals surface area contributed by atoms with Crippen molar-refractivity contribution in [3.8, 4) is 10.6 Å². The number of H-pyrrole nitrogens is 1. The fourth-order valence-corrected chi connectivity index (χ4v) is 4.46. The Morgan fingerprint density at radius 3 is 2.79 bits per heavy atom. The third-order valence-electron chi connectivity index (χ3n) is 4.99. The number of halogens is 2. The average molecular weight is 419 g/mol. The zero-order valence-electron chi connectivity index (χ0n) is 15.5. The van der Waals surface area contributed by atoms with E-state index in [0.717, 1.165) is 15.8 Å². The molecular weight excluding hydrogens is 400 g/mol. The maximum absolute atomic E-state index is 14.3. The molecule has 152 valence electrons. The molecule has 4 N–H and O–H groups in total. The second kappa shape index (κ2) is 7.57. The van der Waals surface area contributed by atoms with Crippen LogP contribution in [0, 0.1) is 18.6 Å². The number of hydrogen-bond donors (Lipinski definition) is 4. The van der Waals surface area contributed by atoms with Crippen molar-refractivity contribution in [1.82, 2.24) is 15.6 Å². The van der Waals surface area contributed by atoms with E-state index >= 15 is 0 Å². The zero-order chi connectivity index (χ0) is 20.7. The first-order valence-corrected chi connectivity index (χ1v) is 9.96. The van der Waals surface area contributed by atoms with Crippen LogP contribution in [0.25, 0.3) is 21.5 Å². The fraction of sp³-hybridized carbons (Fsp3) is 0.300. The van der Waals surface area contributed by atoms with Gasteiger partial charge in [-0.15, -0.1) is 11.3 Å². The van der Waals surface area contributed by atoms with E-state index in [1.54, 1.807) is 0 Å². The zero-order valence-corrected chi connectivity index (χ0v) is 16.3. The van der Waals surface area contributed by atoms with Crippen LogP contribution in [-0.4, -0.2) is 40.6 Å². The van der Waals surface area contributed by atoms with Gasteiger partial charge in [0.05, 0.1) is 16.1 Å². The molecule has 2 amide bonds. The number of β-amino-alcohol motifs (C(OH)–C–C–N with tert-alkyl or cyclic N) is 1. The lowest BCUT2D eigenvalue weighted by Crippen LogP contribution is -2.45. The SMILES string of the molecule is Cc1ccc(-c2[nH]c3c(F)cc(F)cc3c2CCC(=O)N[C@@H]2C(=O)NC[C@H]2O)s1. The summed E-state index contributed by atoms with van der Waals surface area (Å²) < 4.78 is 28.1. The first kappa shape index (κ1) is 19.5. The van der Waals surface area contributed by atoms with Crippen molar-refractivity contribution < 1.29 is 23.5 Å². The number of hydrogen-bond acceptors (Lipinski definition) is 4. The average Bonchev–Trinajstić information content (AvgIpc) is 3.33. The summed E-state index contributed by atoms with van der Waals surface area (Å²) in [6.45, 7) is 2.04. The smallest absolute Gasteiger partial charge is 0.245 e. The predicted molar refractivity (Wildman–Crippen MR) is 106 cm³/mol. The van der Waals surface area contributed by atoms with Crippen LogP contribution in [0.4, 0.5) is 8.78 Å². The quantitative estimate of drug-likeness (QED) is 0.512. The Morgan fingerprint density at radius 2 is 2.14 bits per heavy atom. The number of thiophene rings is 1. The highest BCUT2D eigenvalue weighted by atomic mass is 32.1. The number of carbonyl (C=O) groups excluding carboxylic acids is 2. The first-order valence-electron chi connectivity index (χ1n) is 9.15. The van der Waals surface area contributed by atoms with Gasteiger partial charge in [-0.05, 0) is 37.1 Å². The molecule has 1 saturated heterocycles. The van der Waals surface area contributed by atoms with Gasteiger partial charge in [0.15, 0.2) is 0 Å². The highest BCUT2D eigenvalue weighted by Gasteiger charge is 2.34. The van der Waals surface area contributed by atoms with Crippen molar-refractivity contribution >= 4 is 34.1 Å². The number of aromatic nitrogens is 1. The minimum atomic E-state index is -0.986. The molecule has 6 nitrogen and oxygen atoms in total. The monoisotopic (exact) mass is 419 g/mol. The van der Waals surface area contributed by atoms with Gasteiger partial charge >= 0.3 is 0 Å². The summed E-state index contributed by atoms with van der Waals surface area (Å²) in [5.74, 6) is -2.25. The maximum Gasteiger partial charge on any atom is 0.245 e. The van der Waals surface area contributed by atoms with Crippen LogP contribution in [0.15, 0.2) is 24.3 Å². The van der Waals surface area contributed by atoms with E-state index in [0.29, 0.717) is 16.6 Å². The second-order valence-electron chi connectivity index (χ2n) is 7.06. The number of aromatic amines is 1. The van der Waals surface area contributed by atoms with Gasteiger partial charge in [0, 0.05) is 29.3 Å². The Kier molecular flexibility index (Phi) is 5.10. The molecule has 0 unspecified atom stereocenters. The minimum Gasteiger partial charge on any atom is -0.389 e. The number of aliphatic hydroxyl groups is 1. The largest absolute Gasteiger partial charge is 0.389 e. The minimum absolute atomic E-state index is 0.00105. The molecule has 1 aliphatic rings. The molecule has 1 aromatic carbocycles. The lowest BCUT2D eigenvalue weighted by atomic mass is 10.0. The Morgan fingerprint density at radius 1 is 1.34 bits per heavy atom. The van der Waals surface area contributed by atoms with E-state index in [1.165, 1.54) is 17.4 Å². The van der Waals surface area contributed by atoms with Crippen LogP contribution >= 0.6 is 11.3 Å². The molecule has 2 aromatic heterocycles. The number of benzene rings is 1. The summed E-state index contributed by atoms with van der Waals surface area (Å²) in [4.78, 5) is 29.0. The van der Waals surface area contributed by atoms with Gasteiger partial charge < -0.3 is 20.7 Å². The fourth-order valence-electron chi connectivity index (χ4n) is 3.57. The molecule has 2 atom stereocenters. The van der Waals surface area contributed by atoms with Crippen molar-refractivity contribution in [2.24, 2.45) is 0 Å². The summed E-state index contributed by atoms with van der Waals surface area (Å²) >= 11 is 1.51. The number of aryl methyl sites for hydroxylation is 2. The van der Waals surface area contributed by atoms with Crippen molar-refractivity contribution in [3.63, 3.8) is 0 Å². The highest BCUT2D eigenvalue weighted by Crippen LogP contribution is 2.36. The highest BCUT2D eigenvalue weighted by molar-refractivity contribution is 7.15. The molecule has 1 fully saturated rings. The molecule has 0 aliphatic carbocycles. The van der Waals surface area contributed by atoms with Crippen LogP contribution < -0.4 is 10.6 Å². The van der Waals surface area contributed by atoms with Gasteiger partial charge in [0.1, 0.15) is 23.8 Å². The molecule has 0 radical (unpaired) electrons. The number of aliphatic hydroxyl groups excluding tert-OH is 1. The molecule has 29 heavy (non-hydrogen) atoms. The molecule has 4 rings (SSSR count). The molecule has 0 bridgehead atoms. The Labute approximate surface area is 168 Å². The lowest BCUT2D eigenvalue weighted by Gasteiger charge is -2.13. The van der Waals surface area contributed by atoms with E-state index in [4.69, 9.17) is 0 Å². The predicted octanol–water partition coefficient (Wildman–Crippen LogP) is 2.39. The number of nitrogens with one attached hydrogen (secondary N) is 3. The van der Waals surface area contributed by atoms with E-state index in [2.05, 4.69) is 15.6 Å².